The summed E-state index contributed by atoms with van der Waals surface area (Å²) in [6, 6.07) is 20.5. The van der Waals surface area contributed by atoms with Crippen LogP contribution in [0.15, 0.2) is 60.7 Å². The van der Waals surface area contributed by atoms with Gasteiger partial charge < -0.3 is 5.32 Å². The van der Waals surface area contributed by atoms with E-state index in [4.69, 9.17) is 0 Å². The maximum Gasteiger partial charge on any atom is 0.217 e. The quantitative estimate of drug-likeness (QED) is 0.827. The number of hydrogen-bond donors (Lipinski definition) is 1. The van der Waals surface area contributed by atoms with E-state index in [1.807, 2.05) is 36.4 Å². The van der Waals surface area contributed by atoms with Gasteiger partial charge in [0.25, 0.3) is 0 Å². The van der Waals surface area contributed by atoms with E-state index < -0.39 is 7.92 Å². The fraction of sp³-hybridized carbons (Fsp3) is 0.176. The number of thioether (sulfide) groups is 1. The van der Waals surface area contributed by atoms with Crippen molar-refractivity contribution in [1.82, 2.24) is 5.32 Å². The second-order valence-electron chi connectivity index (χ2n) is 4.65. The lowest BCUT2D eigenvalue weighted by molar-refractivity contribution is -0.121. The van der Waals surface area contributed by atoms with Gasteiger partial charge in [0.05, 0.1) is 6.54 Å². The molecule has 0 atom stereocenters. The van der Waals surface area contributed by atoms with Gasteiger partial charge in [-0.05, 0) is 18.5 Å². The molecule has 0 aliphatic heterocycles. The highest BCUT2D eigenvalue weighted by Gasteiger charge is 2.15. The third-order valence-corrected chi connectivity index (χ3v) is 6.83. The molecular weight excluding hydrogens is 313 g/mol. The topological polar surface area (TPSA) is 46.2 Å². The molecule has 0 aliphatic rings. The first-order valence-electron chi connectivity index (χ1n) is 6.94. The molecule has 114 valence electrons. The Morgan fingerprint density at radius 1 is 0.955 bits per heavy atom. The van der Waals surface area contributed by atoms with Crippen molar-refractivity contribution in [1.29, 1.82) is 0 Å². The van der Waals surface area contributed by atoms with Crippen LogP contribution in [0.5, 0.6) is 0 Å². The molecule has 0 spiro atoms. The van der Waals surface area contributed by atoms with E-state index in [9.17, 15) is 9.59 Å². The van der Waals surface area contributed by atoms with Crippen molar-refractivity contribution >= 4 is 41.3 Å². The number of rotatable bonds is 6. The number of carbonyl (C=O) groups is 2. The zero-order valence-corrected chi connectivity index (χ0v) is 14.1. The molecular formula is C17H18NO2PS. The van der Waals surface area contributed by atoms with E-state index in [0.29, 0.717) is 0 Å². The summed E-state index contributed by atoms with van der Waals surface area (Å²) in [5, 5.41) is 5.05. The minimum Gasteiger partial charge on any atom is -0.348 e. The highest BCUT2D eigenvalue weighted by molar-refractivity contribution is 8.18. The van der Waals surface area contributed by atoms with Gasteiger partial charge in [-0.1, -0.05) is 72.4 Å². The first-order chi connectivity index (χ1) is 10.7. The van der Waals surface area contributed by atoms with Gasteiger partial charge in [0.1, 0.15) is 0 Å². The first-order valence-corrected chi connectivity index (χ1v) is 9.46. The van der Waals surface area contributed by atoms with Crippen LogP contribution in [0.2, 0.25) is 0 Å². The summed E-state index contributed by atoms with van der Waals surface area (Å²) in [5.41, 5.74) is 0.724. The van der Waals surface area contributed by atoms with Gasteiger partial charge in [0, 0.05) is 12.4 Å². The average Bonchev–Trinajstić information content (AvgIpc) is 2.55. The van der Waals surface area contributed by atoms with Gasteiger partial charge in [-0.15, -0.1) is 0 Å². The van der Waals surface area contributed by atoms with E-state index in [-0.39, 0.29) is 17.6 Å². The highest BCUT2D eigenvalue weighted by Crippen LogP contribution is 2.37. The van der Waals surface area contributed by atoms with E-state index in [0.717, 1.165) is 5.49 Å². The molecule has 0 fully saturated rings. The van der Waals surface area contributed by atoms with Gasteiger partial charge in [-0.25, -0.2) is 0 Å². The van der Waals surface area contributed by atoms with Crippen molar-refractivity contribution in [2.45, 2.75) is 6.92 Å². The molecule has 0 aliphatic carbocycles. The average molecular weight is 331 g/mol. The molecule has 0 radical (unpaired) electrons. The van der Waals surface area contributed by atoms with Crippen molar-refractivity contribution in [3.05, 3.63) is 60.7 Å². The van der Waals surface area contributed by atoms with Crippen LogP contribution in [0.3, 0.4) is 0 Å². The Labute approximate surface area is 136 Å². The molecule has 0 saturated carbocycles. The maximum atomic E-state index is 11.9. The SMILES string of the molecule is CC(=O)NCC(=O)SCP(c1ccccc1)c1ccccc1. The molecule has 22 heavy (non-hydrogen) atoms. The van der Waals surface area contributed by atoms with Crippen LogP contribution in [0.4, 0.5) is 0 Å². The molecule has 1 N–H and O–H groups in total. The Hall–Kier alpha value is -1.64. The zero-order valence-electron chi connectivity index (χ0n) is 12.4. The summed E-state index contributed by atoms with van der Waals surface area (Å²) in [6.07, 6.45) is 0. The van der Waals surface area contributed by atoms with Gasteiger partial charge in [0.2, 0.25) is 11.0 Å². The molecule has 0 heterocycles. The fourth-order valence-corrected chi connectivity index (χ4v) is 5.72. The summed E-state index contributed by atoms with van der Waals surface area (Å²) in [6.45, 7) is 1.51. The Morgan fingerprint density at radius 3 is 1.91 bits per heavy atom. The van der Waals surface area contributed by atoms with E-state index >= 15 is 0 Å². The van der Waals surface area contributed by atoms with Crippen LogP contribution in [-0.2, 0) is 9.59 Å². The molecule has 2 aromatic carbocycles. The monoisotopic (exact) mass is 331 g/mol. The summed E-state index contributed by atoms with van der Waals surface area (Å²) in [7, 11) is -0.580. The van der Waals surface area contributed by atoms with Crippen molar-refractivity contribution in [2.24, 2.45) is 0 Å². The van der Waals surface area contributed by atoms with Crippen LogP contribution in [-0.4, -0.2) is 23.1 Å². The molecule has 0 bridgehead atoms. The molecule has 0 unspecified atom stereocenters. The molecule has 0 saturated heterocycles. The summed E-state index contributed by atoms with van der Waals surface area (Å²) in [5.74, 6) is -0.178. The third kappa shape index (κ3) is 5.28. The smallest absolute Gasteiger partial charge is 0.217 e. The molecule has 5 heteroatoms. The van der Waals surface area contributed by atoms with Crippen molar-refractivity contribution in [3.8, 4) is 0 Å². The predicted octanol–water partition coefficient (Wildman–Crippen LogP) is 2.47. The second kappa shape index (κ2) is 8.72. The normalized spacial score (nSPS) is 10.5. The molecule has 2 rings (SSSR count). The van der Waals surface area contributed by atoms with Crippen molar-refractivity contribution in [2.75, 3.05) is 12.0 Å². The Balaban J connectivity index is 2.06. The number of benzene rings is 2. The lowest BCUT2D eigenvalue weighted by atomic mass is 10.4. The minimum absolute atomic E-state index is 0.00503. The van der Waals surface area contributed by atoms with Crippen LogP contribution < -0.4 is 15.9 Å². The van der Waals surface area contributed by atoms with E-state index in [1.165, 1.54) is 29.3 Å². The Kier molecular flexibility index (Phi) is 6.63. The zero-order chi connectivity index (χ0) is 15.8. The minimum atomic E-state index is -0.580. The highest BCUT2D eigenvalue weighted by atomic mass is 32.2. The Bertz CT molecular complexity index is 580. The van der Waals surface area contributed by atoms with Gasteiger partial charge >= 0.3 is 0 Å². The summed E-state index contributed by atoms with van der Waals surface area (Å²) >= 11 is 1.29. The molecule has 0 aromatic heterocycles. The molecule has 3 nitrogen and oxygen atoms in total. The lowest BCUT2D eigenvalue weighted by Crippen LogP contribution is -2.26. The summed E-state index contributed by atoms with van der Waals surface area (Å²) in [4.78, 5) is 22.7. The predicted molar refractivity (Wildman–Crippen MR) is 95.2 cm³/mol. The standard InChI is InChI=1S/C17H18NO2PS/c1-14(19)18-12-17(20)22-13-21(15-8-4-2-5-9-15)16-10-6-3-7-11-16/h2-11H,12-13H2,1H3,(H,18,19). The Morgan fingerprint density at radius 2 is 1.45 bits per heavy atom. The molecule has 2 aromatic rings. The fourth-order valence-electron chi connectivity index (χ4n) is 1.90. The number of hydrogen-bond acceptors (Lipinski definition) is 3. The summed E-state index contributed by atoms with van der Waals surface area (Å²) < 4.78 is 0. The second-order valence-corrected chi connectivity index (χ2v) is 8.32. The maximum absolute atomic E-state index is 11.9. The van der Waals surface area contributed by atoms with Gasteiger partial charge in [-0.2, -0.15) is 0 Å². The van der Waals surface area contributed by atoms with Crippen molar-refractivity contribution in [3.63, 3.8) is 0 Å². The number of nitrogens with one attached hydrogen (secondary N) is 1. The van der Waals surface area contributed by atoms with Gasteiger partial charge in [0.15, 0.2) is 0 Å². The van der Waals surface area contributed by atoms with Crippen molar-refractivity contribution < 1.29 is 9.59 Å². The van der Waals surface area contributed by atoms with Gasteiger partial charge in [-0.3, -0.25) is 9.59 Å². The van der Waals surface area contributed by atoms with E-state index in [2.05, 4.69) is 29.6 Å². The van der Waals surface area contributed by atoms with Crippen LogP contribution in [0.25, 0.3) is 0 Å². The lowest BCUT2D eigenvalue weighted by Gasteiger charge is -2.17. The largest absolute Gasteiger partial charge is 0.348 e. The van der Waals surface area contributed by atoms with E-state index in [1.54, 1.807) is 0 Å². The van der Waals surface area contributed by atoms with Crippen LogP contribution >= 0.6 is 19.7 Å². The van der Waals surface area contributed by atoms with Crippen LogP contribution in [0.1, 0.15) is 6.92 Å². The third-order valence-electron chi connectivity index (χ3n) is 2.97. The van der Waals surface area contributed by atoms with Crippen LogP contribution in [0, 0.1) is 0 Å². The number of carbonyl (C=O) groups excluding carboxylic acids is 2. The number of amides is 1. The molecule has 1 amide bonds. The first kappa shape index (κ1) is 16.7.